The van der Waals surface area contributed by atoms with Gasteiger partial charge in [-0.2, -0.15) is 0 Å². The molecule has 1 nitrogen and oxygen atoms in total. The highest BCUT2D eigenvalue weighted by molar-refractivity contribution is 5.75. The van der Waals surface area contributed by atoms with E-state index in [9.17, 15) is 4.39 Å². The van der Waals surface area contributed by atoms with Crippen LogP contribution in [0.25, 0.3) is 5.57 Å². The van der Waals surface area contributed by atoms with Gasteiger partial charge in [0.15, 0.2) is 0 Å². The van der Waals surface area contributed by atoms with E-state index in [4.69, 9.17) is 5.73 Å². The molecule has 0 radical (unpaired) electrons. The molecule has 0 heterocycles. The molecule has 130 valence electrons. The molecule has 0 aromatic heterocycles. The molecule has 2 aromatic carbocycles. The summed E-state index contributed by atoms with van der Waals surface area (Å²) in [5.74, 6) is 0.529. The van der Waals surface area contributed by atoms with E-state index in [1.165, 1.54) is 29.7 Å². The first-order chi connectivity index (χ1) is 12.0. The van der Waals surface area contributed by atoms with Crippen LogP contribution in [0.5, 0.6) is 0 Å². The van der Waals surface area contributed by atoms with Crippen molar-refractivity contribution in [1.29, 1.82) is 0 Å². The smallest absolute Gasteiger partial charge is 0.123 e. The Morgan fingerprint density at radius 2 is 2.00 bits per heavy atom. The lowest BCUT2D eigenvalue weighted by atomic mass is 9.89. The van der Waals surface area contributed by atoms with E-state index in [0.29, 0.717) is 5.41 Å². The first kappa shape index (κ1) is 17.5. The Morgan fingerprint density at radius 3 is 2.64 bits per heavy atom. The zero-order valence-corrected chi connectivity index (χ0v) is 15.2. The molecule has 2 unspecified atom stereocenters. The number of benzene rings is 2. The van der Waals surface area contributed by atoms with Crippen LogP contribution in [0.2, 0.25) is 0 Å². The van der Waals surface area contributed by atoms with Gasteiger partial charge in [0, 0.05) is 6.20 Å². The zero-order valence-electron chi connectivity index (χ0n) is 15.2. The Bertz CT molecular complexity index is 834. The van der Waals surface area contributed by atoms with Crippen LogP contribution in [0.15, 0.2) is 60.8 Å². The number of allylic oxidation sites excluding steroid dienone is 3. The van der Waals surface area contributed by atoms with E-state index in [0.717, 1.165) is 29.0 Å². The normalized spacial score (nSPS) is 23.2. The number of aryl methyl sites for hydroxylation is 1. The topological polar surface area (TPSA) is 26.0 Å². The highest BCUT2D eigenvalue weighted by Crippen LogP contribution is 2.54. The molecular weight excluding hydrogens is 309 g/mol. The largest absolute Gasteiger partial charge is 0.404 e. The fourth-order valence-corrected chi connectivity index (χ4v) is 3.71. The Hall–Kier alpha value is -2.35. The number of nitrogens with two attached hydrogens (primary N) is 1. The highest BCUT2D eigenvalue weighted by atomic mass is 19.1. The van der Waals surface area contributed by atoms with E-state index in [1.807, 2.05) is 13.0 Å². The summed E-state index contributed by atoms with van der Waals surface area (Å²) in [6, 6.07) is 13.5. The Morgan fingerprint density at radius 1 is 1.28 bits per heavy atom. The third kappa shape index (κ3) is 3.53. The van der Waals surface area contributed by atoms with Gasteiger partial charge in [0.05, 0.1) is 0 Å². The van der Waals surface area contributed by atoms with Gasteiger partial charge in [0.2, 0.25) is 0 Å². The number of hydrogen-bond acceptors (Lipinski definition) is 1. The average Bonchev–Trinajstić information content (AvgIpc) is 3.21. The maximum Gasteiger partial charge on any atom is 0.123 e. The van der Waals surface area contributed by atoms with Crippen molar-refractivity contribution >= 4 is 5.57 Å². The Balaban J connectivity index is 1.79. The van der Waals surface area contributed by atoms with E-state index >= 15 is 0 Å². The van der Waals surface area contributed by atoms with E-state index in [-0.39, 0.29) is 5.82 Å². The summed E-state index contributed by atoms with van der Waals surface area (Å²) in [5.41, 5.74) is 11.7. The third-order valence-electron chi connectivity index (χ3n) is 5.60. The predicted molar refractivity (Wildman–Crippen MR) is 104 cm³/mol. The van der Waals surface area contributed by atoms with Gasteiger partial charge in [0.25, 0.3) is 0 Å². The third-order valence-corrected chi connectivity index (χ3v) is 5.60. The quantitative estimate of drug-likeness (QED) is 0.714. The Kier molecular flexibility index (Phi) is 4.80. The molecule has 0 spiro atoms. The lowest BCUT2D eigenvalue weighted by molar-refractivity contribution is 0.626. The molecular formula is C23H26FN. The molecule has 25 heavy (non-hydrogen) atoms. The lowest BCUT2D eigenvalue weighted by Crippen LogP contribution is -2.06. The summed E-state index contributed by atoms with van der Waals surface area (Å²) in [6.45, 7) is 6.58. The van der Waals surface area contributed by atoms with Crippen LogP contribution in [0.1, 0.15) is 42.5 Å². The van der Waals surface area contributed by atoms with E-state index in [2.05, 4.69) is 44.2 Å². The number of rotatable bonds is 5. The molecule has 0 saturated heterocycles. The number of halogens is 1. The molecule has 1 fully saturated rings. The monoisotopic (exact) mass is 335 g/mol. The molecule has 2 N–H and O–H groups in total. The van der Waals surface area contributed by atoms with Crippen LogP contribution >= 0.6 is 0 Å². The molecule has 2 aromatic rings. The van der Waals surface area contributed by atoms with E-state index < -0.39 is 0 Å². The fourth-order valence-electron chi connectivity index (χ4n) is 3.71. The lowest BCUT2D eigenvalue weighted by Gasteiger charge is -2.15. The van der Waals surface area contributed by atoms with Crippen molar-refractivity contribution in [2.45, 2.75) is 39.0 Å². The minimum Gasteiger partial charge on any atom is -0.404 e. The predicted octanol–water partition coefficient (Wildman–Crippen LogP) is 5.53. The summed E-state index contributed by atoms with van der Waals surface area (Å²) in [6.07, 6.45) is 7.91. The van der Waals surface area contributed by atoms with Gasteiger partial charge >= 0.3 is 0 Å². The first-order valence-corrected chi connectivity index (χ1v) is 8.89. The molecule has 1 aliphatic carbocycles. The van der Waals surface area contributed by atoms with Crippen molar-refractivity contribution in [3.05, 3.63) is 88.9 Å². The molecule has 0 bridgehead atoms. The second-order valence-corrected chi connectivity index (χ2v) is 7.37. The van der Waals surface area contributed by atoms with Crippen molar-refractivity contribution in [2.75, 3.05) is 0 Å². The van der Waals surface area contributed by atoms with Crippen molar-refractivity contribution in [2.24, 2.45) is 11.7 Å². The molecule has 0 aliphatic heterocycles. The second-order valence-electron chi connectivity index (χ2n) is 7.37. The maximum atomic E-state index is 13.3. The van der Waals surface area contributed by atoms with Crippen molar-refractivity contribution < 1.29 is 4.39 Å². The molecule has 2 heteroatoms. The first-order valence-electron chi connectivity index (χ1n) is 8.89. The van der Waals surface area contributed by atoms with Crippen LogP contribution in [-0.2, 0) is 11.8 Å². The minimum absolute atomic E-state index is 0.220. The van der Waals surface area contributed by atoms with Gasteiger partial charge in [-0.3, -0.25) is 0 Å². The fraction of sp³-hybridized carbons (Fsp3) is 0.304. The highest BCUT2D eigenvalue weighted by Gasteiger charge is 2.48. The van der Waals surface area contributed by atoms with Gasteiger partial charge in [-0.05, 0) is 71.1 Å². The van der Waals surface area contributed by atoms with Crippen molar-refractivity contribution in [1.82, 2.24) is 0 Å². The maximum absolute atomic E-state index is 13.3. The second kappa shape index (κ2) is 6.87. The minimum atomic E-state index is -0.220. The van der Waals surface area contributed by atoms with Crippen LogP contribution < -0.4 is 5.73 Å². The van der Waals surface area contributed by atoms with Gasteiger partial charge in [-0.15, -0.1) is 0 Å². The van der Waals surface area contributed by atoms with Gasteiger partial charge in [0.1, 0.15) is 5.82 Å². The molecule has 2 atom stereocenters. The summed E-state index contributed by atoms with van der Waals surface area (Å²) in [7, 11) is 0. The Labute approximate surface area is 150 Å². The van der Waals surface area contributed by atoms with E-state index in [1.54, 1.807) is 12.3 Å². The molecule has 1 saturated carbocycles. The SMILES string of the molecule is Cc1cc(F)ccc1C(/C=C\Cc1ccccc1C1(C)CC1C)=C/N. The van der Waals surface area contributed by atoms with Crippen LogP contribution in [0.3, 0.4) is 0 Å². The molecule has 1 aliphatic rings. The van der Waals surface area contributed by atoms with Crippen molar-refractivity contribution in [3.63, 3.8) is 0 Å². The summed E-state index contributed by atoms with van der Waals surface area (Å²) in [4.78, 5) is 0. The zero-order chi connectivity index (χ0) is 18.0. The summed E-state index contributed by atoms with van der Waals surface area (Å²) < 4.78 is 13.3. The summed E-state index contributed by atoms with van der Waals surface area (Å²) >= 11 is 0. The van der Waals surface area contributed by atoms with Crippen molar-refractivity contribution in [3.8, 4) is 0 Å². The van der Waals surface area contributed by atoms with Gasteiger partial charge < -0.3 is 5.73 Å². The van der Waals surface area contributed by atoms with Gasteiger partial charge in [-0.25, -0.2) is 4.39 Å². The standard InChI is InChI=1S/C23H26FN/c1-16-13-20(24)11-12-21(16)19(15-25)9-6-8-18-7-4-5-10-22(18)23(3)14-17(23)2/h4-7,9-13,15,17H,8,14,25H2,1-3H3/b9-6-,19-15+. The van der Waals surface area contributed by atoms with Crippen LogP contribution in [0.4, 0.5) is 4.39 Å². The average molecular weight is 335 g/mol. The molecule has 0 amide bonds. The molecule has 3 rings (SSSR count). The summed E-state index contributed by atoms with van der Waals surface area (Å²) in [5, 5.41) is 0. The van der Waals surface area contributed by atoms with Crippen LogP contribution in [0, 0.1) is 18.7 Å². The van der Waals surface area contributed by atoms with Gasteiger partial charge in [-0.1, -0.05) is 56.3 Å². The van der Waals surface area contributed by atoms with Crippen LogP contribution in [-0.4, -0.2) is 0 Å². The number of hydrogen-bond donors (Lipinski definition) is 1.